The Kier molecular flexibility index (Phi) is 4.82. The van der Waals surface area contributed by atoms with E-state index < -0.39 is 45.5 Å². The molecule has 0 aromatic carbocycles. The third-order valence-electron chi connectivity index (χ3n) is 2.17. The Morgan fingerprint density at radius 1 is 0.682 bits per heavy atom. The minimum Gasteiger partial charge on any atom is -0.745 e. The number of alkyl halides is 12. The third kappa shape index (κ3) is 3.21. The summed E-state index contributed by atoms with van der Waals surface area (Å²) >= 11 is 0. The zero-order chi connectivity index (χ0) is 18.6. The highest BCUT2D eigenvalue weighted by Gasteiger charge is 2.85. The summed E-state index contributed by atoms with van der Waals surface area (Å²) in [6.07, 6.45) is -22.1. The third-order valence-corrected chi connectivity index (χ3v) is 3.39. The van der Waals surface area contributed by atoms with Crippen molar-refractivity contribution in [3.8, 4) is 0 Å². The second-order valence-corrected chi connectivity index (χ2v) is 5.19. The van der Waals surface area contributed by atoms with Gasteiger partial charge in [0.25, 0.3) is 5.00 Å². The van der Waals surface area contributed by atoms with Crippen molar-refractivity contribution in [2.75, 3.05) is 0 Å². The number of rotatable bonds is 3. The molecule has 0 aliphatic heterocycles. The van der Waals surface area contributed by atoms with Crippen LogP contribution < -0.4 is 0 Å². The van der Waals surface area contributed by atoms with Gasteiger partial charge in [0.05, 0.1) is 0 Å². The summed E-state index contributed by atoms with van der Waals surface area (Å²) in [6, 6.07) is 0. The number of halogens is 12. The van der Waals surface area contributed by atoms with Crippen LogP contribution in [-0.4, -0.2) is 42.4 Å². The van der Waals surface area contributed by atoms with Crippen LogP contribution in [0.1, 0.15) is 0 Å². The predicted molar refractivity (Wildman–Crippen MR) is 40.1 cm³/mol. The first-order valence-electron chi connectivity index (χ1n) is 4.34. The average Bonchev–Trinajstić information content (AvgIpc) is 2.07. The van der Waals surface area contributed by atoms with Crippen LogP contribution in [0.15, 0.2) is 0 Å². The van der Waals surface area contributed by atoms with Crippen LogP contribution in [-0.2, 0) is 10.1 Å². The van der Waals surface area contributed by atoms with E-state index in [2.05, 4.69) is 0 Å². The van der Waals surface area contributed by atoms with E-state index in [1.54, 1.807) is 0 Å². The Labute approximate surface area is 112 Å². The minimum absolute atomic E-state index is 6.42. The Morgan fingerprint density at radius 3 is 1.09 bits per heavy atom. The minimum atomic E-state index is -8.10. The van der Waals surface area contributed by atoms with Crippen molar-refractivity contribution in [2.24, 2.45) is 5.92 Å². The second-order valence-electron chi connectivity index (χ2n) is 3.69. The van der Waals surface area contributed by atoms with Gasteiger partial charge in [-0.15, -0.1) is 0 Å². The SMILES string of the molecule is O=S(=O)([O-])C(F)(C(C(F)(F)F)C(F)(F)F)C(F)(F)C(F)(F)F. The van der Waals surface area contributed by atoms with Crippen LogP contribution in [0.3, 0.4) is 0 Å². The molecule has 0 aliphatic rings. The molecule has 1 unspecified atom stereocenters. The van der Waals surface area contributed by atoms with E-state index >= 15 is 0 Å². The maximum Gasteiger partial charge on any atom is 0.457 e. The Bertz CT molecular complexity index is 498. The predicted octanol–water partition coefficient (Wildman–Crippen LogP) is 3.14. The Balaban J connectivity index is 6.88. The summed E-state index contributed by atoms with van der Waals surface area (Å²) in [7, 11) is -8.10. The van der Waals surface area contributed by atoms with Gasteiger partial charge in [0.1, 0.15) is 10.1 Å². The molecular formula is C6HF12O3S-. The summed E-state index contributed by atoms with van der Waals surface area (Å²) in [4.78, 5) is 0. The second kappa shape index (κ2) is 5.04. The van der Waals surface area contributed by atoms with Gasteiger partial charge in [-0.3, -0.25) is 0 Å². The van der Waals surface area contributed by atoms with E-state index in [0.29, 0.717) is 0 Å². The van der Waals surface area contributed by atoms with Crippen molar-refractivity contribution < 1.29 is 65.7 Å². The lowest BCUT2D eigenvalue weighted by atomic mass is 9.95. The lowest BCUT2D eigenvalue weighted by Gasteiger charge is -2.41. The highest BCUT2D eigenvalue weighted by molar-refractivity contribution is 7.87. The molecule has 0 aromatic rings. The molecule has 16 heteroatoms. The Morgan fingerprint density at radius 2 is 0.955 bits per heavy atom. The molecule has 0 rings (SSSR count). The van der Waals surface area contributed by atoms with Crippen LogP contribution in [0.25, 0.3) is 0 Å². The van der Waals surface area contributed by atoms with Crippen LogP contribution in [0.5, 0.6) is 0 Å². The molecule has 0 aliphatic carbocycles. The molecule has 0 saturated carbocycles. The fraction of sp³-hybridized carbons (Fsp3) is 1.00. The Hall–Kier alpha value is -0.930. The average molecular weight is 381 g/mol. The van der Waals surface area contributed by atoms with E-state index in [1.165, 1.54) is 0 Å². The van der Waals surface area contributed by atoms with Crippen LogP contribution in [0.4, 0.5) is 52.7 Å². The molecule has 3 nitrogen and oxygen atoms in total. The molecule has 22 heavy (non-hydrogen) atoms. The van der Waals surface area contributed by atoms with Gasteiger partial charge in [0.15, 0.2) is 0 Å². The van der Waals surface area contributed by atoms with Gasteiger partial charge in [0.2, 0.25) is 5.92 Å². The maximum atomic E-state index is 13.4. The van der Waals surface area contributed by atoms with E-state index in [1.807, 2.05) is 0 Å². The van der Waals surface area contributed by atoms with Crippen LogP contribution in [0.2, 0.25) is 0 Å². The van der Waals surface area contributed by atoms with Crippen molar-refractivity contribution in [3.05, 3.63) is 0 Å². The summed E-state index contributed by atoms with van der Waals surface area (Å²) in [5.41, 5.74) is 0. The standard InChI is InChI=1S/C6H2F12O3S/c7-2(22(19,20)21,5(14,15)6(16,17)18)1(3(8,9)10)4(11,12)13/h1H,(H,19,20,21)/p-1. The van der Waals surface area contributed by atoms with Crippen molar-refractivity contribution in [1.29, 1.82) is 0 Å². The van der Waals surface area contributed by atoms with Crippen molar-refractivity contribution >= 4 is 10.1 Å². The van der Waals surface area contributed by atoms with Crippen LogP contribution >= 0.6 is 0 Å². The molecule has 0 aromatic heterocycles. The van der Waals surface area contributed by atoms with Crippen molar-refractivity contribution in [1.82, 2.24) is 0 Å². The molecule has 134 valence electrons. The molecule has 0 bridgehead atoms. The van der Waals surface area contributed by atoms with Gasteiger partial charge < -0.3 is 4.55 Å². The summed E-state index contributed by atoms with van der Waals surface area (Å²) in [5.74, 6) is -14.2. The molecule has 0 spiro atoms. The number of hydrogen-bond acceptors (Lipinski definition) is 3. The topological polar surface area (TPSA) is 57.2 Å². The van der Waals surface area contributed by atoms with Crippen molar-refractivity contribution in [2.45, 2.75) is 29.5 Å². The quantitative estimate of drug-likeness (QED) is 0.558. The molecule has 0 fully saturated rings. The zero-order valence-electron chi connectivity index (χ0n) is 9.25. The molecule has 0 saturated heterocycles. The highest BCUT2D eigenvalue weighted by atomic mass is 32.2. The highest BCUT2D eigenvalue weighted by Crippen LogP contribution is 2.58. The van der Waals surface area contributed by atoms with E-state index in [4.69, 9.17) is 0 Å². The molecule has 0 N–H and O–H groups in total. The van der Waals surface area contributed by atoms with Gasteiger partial charge in [-0.2, -0.15) is 48.3 Å². The van der Waals surface area contributed by atoms with E-state index in [9.17, 15) is 65.7 Å². The number of hydrogen-bond donors (Lipinski definition) is 0. The fourth-order valence-corrected chi connectivity index (χ4v) is 2.27. The van der Waals surface area contributed by atoms with Gasteiger partial charge >= 0.3 is 24.5 Å². The monoisotopic (exact) mass is 381 g/mol. The van der Waals surface area contributed by atoms with E-state index in [0.717, 1.165) is 0 Å². The smallest absolute Gasteiger partial charge is 0.457 e. The summed E-state index contributed by atoms with van der Waals surface area (Å²) in [6.45, 7) is 0. The first-order chi connectivity index (χ1) is 9.12. The van der Waals surface area contributed by atoms with Gasteiger partial charge in [0, 0.05) is 0 Å². The molecule has 0 heterocycles. The largest absolute Gasteiger partial charge is 0.745 e. The first-order valence-corrected chi connectivity index (χ1v) is 5.75. The zero-order valence-corrected chi connectivity index (χ0v) is 10.1. The molecular weight excluding hydrogens is 380 g/mol. The normalized spacial score (nSPS) is 18.5. The van der Waals surface area contributed by atoms with Crippen molar-refractivity contribution in [3.63, 3.8) is 0 Å². The lowest BCUT2D eigenvalue weighted by Crippen LogP contribution is -2.68. The lowest BCUT2D eigenvalue weighted by molar-refractivity contribution is -0.371. The van der Waals surface area contributed by atoms with Gasteiger partial charge in [-0.1, -0.05) is 0 Å². The first kappa shape index (κ1) is 21.1. The molecule has 0 amide bonds. The van der Waals surface area contributed by atoms with Gasteiger partial charge in [-0.05, 0) is 0 Å². The van der Waals surface area contributed by atoms with E-state index in [-0.39, 0.29) is 0 Å². The summed E-state index contributed by atoms with van der Waals surface area (Å²) in [5, 5.41) is -7.59. The molecule has 0 radical (unpaired) electrons. The summed E-state index contributed by atoms with van der Waals surface area (Å²) < 4.78 is 178. The maximum absolute atomic E-state index is 13.4. The molecule has 1 atom stereocenters. The fourth-order valence-electron chi connectivity index (χ4n) is 1.28. The van der Waals surface area contributed by atoms with Gasteiger partial charge in [-0.25, -0.2) is 12.8 Å². The van der Waals surface area contributed by atoms with Crippen LogP contribution in [0, 0.1) is 5.92 Å².